The van der Waals surface area contributed by atoms with Crippen LogP contribution in [0.1, 0.15) is 50.7 Å². The number of halogens is 1. The van der Waals surface area contributed by atoms with Crippen molar-refractivity contribution < 1.29 is 27.1 Å². The normalized spacial score (nSPS) is 17.1. The van der Waals surface area contributed by atoms with Crippen LogP contribution in [-0.2, 0) is 14.8 Å². The number of carbonyl (C=O) groups excluding carboxylic acids is 2. The van der Waals surface area contributed by atoms with Crippen LogP contribution in [0.15, 0.2) is 78.0 Å². The topological polar surface area (TPSA) is 127 Å². The molecule has 2 atom stereocenters. The van der Waals surface area contributed by atoms with Crippen molar-refractivity contribution in [2.24, 2.45) is 0 Å². The molecule has 0 spiro atoms. The molecule has 3 heterocycles. The van der Waals surface area contributed by atoms with E-state index in [0.717, 1.165) is 15.7 Å². The summed E-state index contributed by atoms with van der Waals surface area (Å²) in [6.45, 7) is 12.1. The molecule has 2 amide bonds. The fraction of sp³-hybridized carbons (Fsp3) is 0.314. The summed E-state index contributed by atoms with van der Waals surface area (Å²) in [6.07, 6.45) is 2.69. The van der Waals surface area contributed by atoms with Crippen LogP contribution in [0, 0.1) is 12.7 Å². The van der Waals surface area contributed by atoms with Crippen molar-refractivity contribution in [3.63, 3.8) is 0 Å². The number of nitrogens with zero attached hydrogens (tertiary/aromatic N) is 5. The van der Waals surface area contributed by atoms with E-state index in [4.69, 9.17) is 4.74 Å². The van der Waals surface area contributed by atoms with E-state index in [1.807, 2.05) is 34.6 Å². The highest BCUT2D eigenvalue weighted by molar-refractivity contribution is 7.90. The summed E-state index contributed by atoms with van der Waals surface area (Å²) in [5.74, 6) is -1.33. The first kappa shape index (κ1) is 32.9. The molecular weight excluding hydrogens is 635 g/mol. The van der Waals surface area contributed by atoms with E-state index in [0.29, 0.717) is 35.2 Å². The summed E-state index contributed by atoms with van der Waals surface area (Å²) in [5, 5.41) is 3.07. The number of amides is 2. The van der Waals surface area contributed by atoms with Gasteiger partial charge in [0.25, 0.3) is 15.9 Å². The number of ether oxygens (including phenoxy) is 1. The van der Waals surface area contributed by atoms with E-state index in [9.17, 15) is 18.0 Å². The average molecular weight is 673 g/mol. The molecule has 1 aliphatic heterocycles. The molecule has 5 aromatic rings. The molecule has 1 aliphatic rings. The Kier molecular flexibility index (Phi) is 8.36. The van der Waals surface area contributed by atoms with Crippen molar-refractivity contribution in [3.8, 4) is 0 Å². The highest BCUT2D eigenvalue weighted by Gasteiger charge is 2.36. The minimum Gasteiger partial charge on any atom is -0.444 e. The van der Waals surface area contributed by atoms with Crippen LogP contribution in [-0.4, -0.2) is 70.0 Å². The van der Waals surface area contributed by atoms with Crippen LogP contribution < -0.4 is 10.2 Å². The summed E-state index contributed by atoms with van der Waals surface area (Å²) in [7, 11) is -4.07. The third-order valence-corrected chi connectivity index (χ3v) is 10.1. The summed E-state index contributed by atoms with van der Waals surface area (Å²) in [6, 6.07) is 15.2. The molecule has 0 unspecified atom stereocenters. The number of aryl methyl sites for hydroxylation is 1. The van der Waals surface area contributed by atoms with E-state index >= 15 is 4.39 Å². The molecule has 0 radical (unpaired) electrons. The summed E-state index contributed by atoms with van der Waals surface area (Å²) in [5.41, 5.74) is 1.63. The molecule has 0 aliphatic carbocycles. The molecule has 48 heavy (non-hydrogen) atoms. The van der Waals surface area contributed by atoms with Crippen molar-refractivity contribution in [3.05, 3.63) is 90.1 Å². The number of hydrogen-bond acceptors (Lipinski definition) is 8. The molecule has 0 saturated carbocycles. The van der Waals surface area contributed by atoms with Crippen molar-refractivity contribution >= 4 is 55.3 Å². The molecule has 250 valence electrons. The van der Waals surface area contributed by atoms with Gasteiger partial charge in [0.1, 0.15) is 22.2 Å². The molecular formula is C35H37FN6O5S. The molecule has 1 saturated heterocycles. The Hall–Kier alpha value is -5.04. The number of hydrogen-bond donors (Lipinski definition) is 1. The fourth-order valence-corrected chi connectivity index (χ4v) is 7.93. The first-order chi connectivity index (χ1) is 22.7. The lowest BCUT2D eigenvalue weighted by atomic mass is 10.0. The Morgan fingerprint density at radius 2 is 1.58 bits per heavy atom. The molecule has 3 aromatic carbocycles. The van der Waals surface area contributed by atoms with Gasteiger partial charge >= 0.3 is 6.09 Å². The lowest BCUT2D eigenvalue weighted by molar-refractivity contribution is 0.00566. The zero-order valence-corrected chi connectivity index (χ0v) is 28.4. The minimum atomic E-state index is -4.07. The van der Waals surface area contributed by atoms with Gasteiger partial charge in [-0.2, -0.15) is 0 Å². The van der Waals surface area contributed by atoms with Gasteiger partial charge < -0.3 is 15.0 Å². The van der Waals surface area contributed by atoms with Gasteiger partial charge in [0.2, 0.25) is 0 Å². The minimum absolute atomic E-state index is 0.0349. The standard InChI is InChI=1S/C35H37FN6O5S/c1-21-16-24-17-25(18-28(36)32(24)42(21)48(45,46)26-10-8-7-9-11-26)39-33(43)27-12-13-29(31-30(27)37-14-15-38-31)40-19-22(2)41(23(3)20-40)34(44)47-35(4,5)6/h7-18,22-23H,19-20H2,1-6H3,(H,39,43)/t22-,23+. The van der Waals surface area contributed by atoms with E-state index in [1.54, 1.807) is 54.4 Å². The van der Waals surface area contributed by atoms with Gasteiger partial charge in [-0.25, -0.2) is 21.6 Å². The maximum absolute atomic E-state index is 15.7. The molecule has 0 bridgehead atoms. The number of rotatable bonds is 5. The van der Waals surface area contributed by atoms with Gasteiger partial charge in [-0.3, -0.25) is 19.7 Å². The zero-order valence-electron chi connectivity index (χ0n) is 27.6. The second kappa shape index (κ2) is 12.2. The van der Waals surface area contributed by atoms with E-state index < -0.39 is 27.3 Å². The maximum Gasteiger partial charge on any atom is 0.410 e. The van der Waals surface area contributed by atoms with Crippen LogP contribution in [0.2, 0.25) is 0 Å². The summed E-state index contributed by atoms with van der Waals surface area (Å²) >= 11 is 0. The smallest absolute Gasteiger partial charge is 0.410 e. The Labute approximate surface area is 278 Å². The summed E-state index contributed by atoms with van der Waals surface area (Å²) in [4.78, 5) is 39.5. The number of fused-ring (bicyclic) bond motifs is 2. The second-order valence-electron chi connectivity index (χ2n) is 13.1. The molecule has 1 N–H and O–H groups in total. The van der Waals surface area contributed by atoms with Crippen LogP contribution in [0.25, 0.3) is 21.9 Å². The van der Waals surface area contributed by atoms with Crippen molar-refractivity contribution in [2.45, 2.75) is 64.1 Å². The van der Waals surface area contributed by atoms with Gasteiger partial charge in [0, 0.05) is 42.3 Å². The van der Waals surface area contributed by atoms with Crippen LogP contribution in [0.4, 0.5) is 20.6 Å². The van der Waals surface area contributed by atoms with E-state index in [2.05, 4.69) is 20.2 Å². The Balaban J connectivity index is 1.28. The molecule has 2 aromatic heterocycles. The van der Waals surface area contributed by atoms with Crippen LogP contribution >= 0.6 is 0 Å². The van der Waals surface area contributed by atoms with Crippen molar-refractivity contribution in [2.75, 3.05) is 23.3 Å². The van der Waals surface area contributed by atoms with Crippen molar-refractivity contribution in [1.82, 2.24) is 18.8 Å². The molecule has 13 heteroatoms. The number of piperazine rings is 1. The molecule has 1 fully saturated rings. The number of aromatic nitrogens is 3. The van der Waals surface area contributed by atoms with Gasteiger partial charge in [0.05, 0.1) is 28.2 Å². The predicted octanol–water partition coefficient (Wildman–Crippen LogP) is 6.36. The number of benzene rings is 3. The predicted molar refractivity (Wildman–Crippen MR) is 182 cm³/mol. The summed E-state index contributed by atoms with van der Waals surface area (Å²) < 4.78 is 49.1. The quantitative estimate of drug-likeness (QED) is 0.229. The first-order valence-electron chi connectivity index (χ1n) is 15.6. The maximum atomic E-state index is 15.7. The van der Waals surface area contributed by atoms with Crippen molar-refractivity contribution in [1.29, 1.82) is 0 Å². The van der Waals surface area contributed by atoms with Crippen LogP contribution in [0.5, 0.6) is 0 Å². The Bertz CT molecular complexity index is 2150. The monoisotopic (exact) mass is 672 g/mol. The van der Waals surface area contributed by atoms with Gasteiger partial charge in [-0.15, -0.1) is 0 Å². The Morgan fingerprint density at radius 1 is 0.938 bits per heavy atom. The number of anilines is 2. The largest absolute Gasteiger partial charge is 0.444 e. The highest BCUT2D eigenvalue weighted by atomic mass is 32.2. The van der Waals surface area contributed by atoms with Gasteiger partial charge in [-0.05, 0) is 84.0 Å². The van der Waals surface area contributed by atoms with Crippen LogP contribution in [0.3, 0.4) is 0 Å². The Morgan fingerprint density at radius 3 is 2.23 bits per heavy atom. The second-order valence-corrected chi connectivity index (χ2v) is 14.9. The number of nitrogens with one attached hydrogen (secondary N) is 1. The lowest BCUT2D eigenvalue weighted by Crippen LogP contribution is -2.59. The average Bonchev–Trinajstić information content (AvgIpc) is 3.36. The third kappa shape index (κ3) is 6.05. The number of carbonyl (C=O) groups is 2. The van der Waals surface area contributed by atoms with Gasteiger partial charge in [0.15, 0.2) is 5.82 Å². The van der Waals surface area contributed by atoms with Gasteiger partial charge in [-0.1, -0.05) is 18.2 Å². The first-order valence-corrected chi connectivity index (χ1v) is 17.0. The van der Waals surface area contributed by atoms with E-state index in [1.165, 1.54) is 24.4 Å². The lowest BCUT2D eigenvalue weighted by Gasteiger charge is -2.45. The molecule has 11 nitrogen and oxygen atoms in total. The SMILES string of the molecule is Cc1cc2cc(NC(=O)c3ccc(N4C[C@@H](C)N(C(=O)OC(C)(C)C)[C@@H](C)C4)c4nccnc34)cc(F)c2n1S(=O)(=O)c1ccccc1. The molecule has 6 rings (SSSR count). The van der Waals surface area contributed by atoms with E-state index in [-0.39, 0.29) is 39.8 Å². The highest BCUT2D eigenvalue weighted by Crippen LogP contribution is 2.33. The third-order valence-electron chi connectivity index (χ3n) is 8.23. The fourth-order valence-electron chi connectivity index (χ4n) is 6.36. The zero-order chi connectivity index (χ0) is 34.5.